The number of anilines is 1. The highest BCUT2D eigenvalue weighted by molar-refractivity contribution is 7.84. The molecule has 0 saturated carbocycles. The summed E-state index contributed by atoms with van der Waals surface area (Å²) in [6, 6.07) is 0.111. The molecule has 0 aromatic carbocycles. The molecule has 0 fully saturated rings. The molecule has 1 rings (SSSR count). The van der Waals surface area contributed by atoms with Crippen LogP contribution in [0.5, 0.6) is 0 Å². The number of nitrogens with one attached hydrogen (secondary N) is 1. The van der Waals surface area contributed by atoms with Crippen molar-refractivity contribution in [3.05, 3.63) is 5.89 Å². The molecule has 2 atom stereocenters. The van der Waals surface area contributed by atoms with Crippen LogP contribution in [-0.4, -0.2) is 33.0 Å². The standard InChI is InChI=1S/C8H16N4O2S/c1-6(9)7-11-12-8(14-7)10-4-3-5-15(2)13/h6H,3-5,9H2,1-2H3,(H,10,12). The summed E-state index contributed by atoms with van der Waals surface area (Å²) in [4.78, 5) is 0. The predicted molar refractivity (Wildman–Crippen MR) is 58.9 cm³/mol. The molecule has 0 radical (unpaired) electrons. The van der Waals surface area contributed by atoms with Crippen LogP contribution in [0.4, 0.5) is 6.01 Å². The van der Waals surface area contributed by atoms with E-state index in [9.17, 15) is 4.21 Å². The maximum Gasteiger partial charge on any atom is 0.315 e. The monoisotopic (exact) mass is 232 g/mol. The molecule has 86 valence electrons. The fourth-order valence-electron chi connectivity index (χ4n) is 0.961. The van der Waals surface area contributed by atoms with E-state index in [0.717, 1.165) is 6.42 Å². The molecule has 1 heterocycles. The Hall–Kier alpha value is -0.950. The van der Waals surface area contributed by atoms with Crippen LogP contribution in [0.15, 0.2) is 4.42 Å². The lowest BCUT2D eigenvalue weighted by atomic mass is 10.4. The molecular weight excluding hydrogens is 216 g/mol. The first-order valence-corrected chi connectivity index (χ1v) is 6.45. The van der Waals surface area contributed by atoms with E-state index in [2.05, 4.69) is 15.5 Å². The van der Waals surface area contributed by atoms with E-state index >= 15 is 0 Å². The molecule has 0 bridgehead atoms. The second kappa shape index (κ2) is 5.82. The molecule has 0 aliphatic rings. The van der Waals surface area contributed by atoms with E-state index in [4.69, 9.17) is 10.2 Å². The van der Waals surface area contributed by atoms with Gasteiger partial charge < -0.3 is 15.5 Å². The molecule has 6 nitrogen and oxygen atoms in total. The maximum atomic E-state index is 10.8. The van der Waals surface area contributed by atoms with Gasteiger partial charge in [-0.25, -0.2) is 0 Å². The van der Waals surface area contributed by atoms with E-state index < -0.39 is 10.8 Å². The third-order valence-electron chi connectivity index (χ3n) is 1.71. The van der Waals surface area contributed by atoms with Gasteiger partial charge in [-0.3, -0.25) is 4.21 Å². The van der Waals surface area contributed by atoms with Gasteiger partial charge in [0.15, 0.2) is 0 Å². The number of rotatable bonds is 6. The maximum absolute atomic E-state index is 10.8. The van der Waals surface area contributed by atoms with Gasteiger partial charge in [0.25, 0.3) is 0 Å². The molecule has 1 aromatic rings. The quantitative estimate of drug-likeness (QED) is 0.684. The lowest BCUT2D eigenvalue weighted by Crippen LogP contribution is -2.06. The minimum atomic E-state index is -0.752. The zero-order chi connectivity index (χ0) is 11.3. The van der Waals surface area contributed by atoms with Gasteiger partial charge in [-0.1, -0.05) is 5.10 Å². The fourth-order valence-corrected chi connectivity index (χ4v) is 1.51. The van der Waals surface area contributed by atoms with Crippen molar-refractivity contribution < 1.29 is 8.63 Å². The van der Waals surface area contributed by atoms with E-state index in [1.54, 1.807) is 13.2 Å². The lowest BCUT2D eigenvalue weighted by molar-refractivity contribution is 0.472. The van der Waals surface area contributed by atoms with Crippen molar-refractivity contribution in [1.82, 2.24) is 10.2 Å². The van der Waals surface area contributed by atoms with Crippen LogP contribution in [0.25, 0.3) is 0 Å². The summed E-state index contributed by atoms with van der Waals surface area (Å²) >= 11 is 0. The van der Waals surface area contributed by atoms with Crippen molar-refractivity contribution in [2.45, 2.75) is 19.4 Å². The Kier molecular flexibility index (Phi) is 4.70. The number of nitrogens with zero attached hydrogens (tertiary/aromatic N) is 2. The summed E-state index contributed by atoms with van der Waals surface area (Å²) in [5.74, 6) is 1.08. The van der Waals surface area contributed by atoms with Gasteiger partial charge in [0.05, 0.1) is 6.04 Å². The zero-order valence-electron chi connectivity index (χ0n) is 8.90. The fraction of sp³-hybridized carbons (Fsp3) is 0.750. The van der Waals surface area contributed by atoms with Crippen LogP contribution in [-0.2, 0) is 10.8 Å². The smallest absolute Gasteiger partial charge is 0.315 e. The minimum Gasteiger partial charge on any atom is -0.406 e. The Morgan fingerprint density at radius 3 is 2.87 bits per heavy atom. The van der Waals surface area contributed by atoms with Crippen LogP contribution in [0, 0.1) is 0 Å². The number of nitrogens with two attached hydrogens (primary N) is 1. The van der Waals surface area contributed by atoms with Gasteiger partial charge in [-0.15, -0.1) is 5.10 Å². The van der Waals surface area contributed by atoms with Crippen LogP contribution in [0.2, 0.25) is 0 Å². The van der Waals surface area contributed by atoms with Crippen LogP contribution in [0.1, 0.15) is 25.3 Å². The molecule has 0 spiro atoms. The molecule has 1 aromatic heterocycles. The van der Waals surface area contributed by atoms with E-state index in [1.165, 1.54) is 0 Å². The minimum absolute atomic E-state index is 0.254. The molecule has 3 N–H and O–H groups in total. The first-order chi connectivity index (χ1) is 7.09. The van der Waals surface area contributed by atoms with E-state index in [0.29, 0.717) is 24.2 Å². The van der Waals surface area contributed by atoms with E-state index in [1.807, 2.05) is 0 Å². The van der Waals surface area contributed by atoms with Crippen molar-refractivity contribution in [2.24, 2.45) is 5.73 Å². The van der Waals surface area contributed by atoms with Crippen LogP contribution < -0.4 is 11.1 Å². The summed E-state index contributed by atoms with van der Waals surface area (Å²) in [7, 11) is -0.752. The molecule has 0 amide bonds. The topological polar surface area (TPSA) is 94.0 Å². The Labute approximate surface area is 91.1 Å². The largest absolute Gasteiger partial charge is 0.406 e. The van der Waals surface area contributed by atoms with Gasteiger partial charge in [0.1, 0.15) is 0 Å². The van der Waals surface area contributed by atoms with Gasteiger partial charge in [0, 0.05) is 29.4 Å². The molecule has 0 aliphatic carbocycles. The van der Waals surface area contributed by atoms with Crippen molar-refractivity contribution in [1.29, 1.82) is 0 Å². The van der Waals surface area contributed by atoms with Gasteiger partial charge in [-0.05, 0) is 13.3 Å². The van der Waals surface area contributed by atoms with Gasteiger partial charge in [0.2, 0.25) is 5.89 Å². The second-order valence-corrected chi connectivity index (χ2v) is 4.85. The first-order valence-electron chi connectivity index (χ1n) is 4.72. The SMILES string of the molecule is CC(N)c1nnc(NCCCS(C)=O)o1. The second-order valence-electron chi connectivity index (χ2n) is 3.29. The lowest BCUT2D eigenvalue weighted by Gasteiger charge is -1.99. The van der Waals surface area contributed by atoms with Gasteiger partial charge in [-0.2, -0.15) is 0 Å². The summed E-state index contributed by atoms with van der Waals surface area (Å²) in [6.07, 6.45) is 2.49. The van der Waals surface area contributed by atoms with Crippen molar-refractivity contribution >= 4 is 16.8 Å². The van der Waals surface area contributed by atoms with Crippen molar-refractivity contribution in [2.75, 3.05) is 23.9 Å². The normalized spacial score (nSPS) is 14.9. The summed E-state index contributed by atoms with van der Waals surface area (Å²) < 4.78 is 16.0. The third kappa shape index (κ3) is 4.39. The number of hydrogen-bond acceptors (Lipinski definition) is 6. The zero-order valence-corrected chi connectivity index (χ0v) is 9.71. The average Bonchev–Trinajstić information content (AvgIpc) is 2.60. The summed E-state index contributed by atoms with van der Waals surface area (Å²) in [6.45, 7) is 2.44. The van der Waals surface area contributed by atoms with Crippen LogP contribution in [0.3, 0.4) is 0 Å². The molecule has 7 heteroatoms. The predicted octanol–water partition coefficient (Wildman–Crippen LogP) is 0.270. The number of hydrogen-bond donors (Lipinski definition) is 2. The Balaban J connectivity index is 2.28. The first kappa shape index (κ1) is 12.1. The van der Waals surface area contributed by atoms with Crippen molar-refractivity contribution in [3.8, 4) is 0 Å². The van der Waals surface area contributed by atoms with Crippen molar-refractivity contribution in [3.63, 3.8) is 0 Å². The van der Waals surface area contributed by atoms with E-state index in [-0.39, 0.29) is 6.04 Å². The molecular formula is C8H16N4O2S. The number of aromatic nitrogens is 2. The average molecular weight is 232 g/mol. The third-order valence-corrected chi connectivity index (χ3v) is 2.58. The summed E-state index contributed by atoms with van der Waals surface area (Å²) in [5.41, 5.74) is 5.56. The Morgan fingerprint density at radius 1 is 1.60 bits per heavy atom. The highest BCUT2D eigenvalue weighted by atomic mass is 32.2. The molecule has 15 heavy (non-hydrogen) atoms. The highest BCUT2D eigenvalue weighted by Crippen LogP contribution is 2.10. The summed E-state index contributed by atoms with van der Waals surface area (Å²) in [5, 5.41) is 10.5. The molecule has 0 saturated heterocycles. The molecule has 0 aliphatic heterocycles. The van der Waals surface area contributed by atoms with Gasteiger partial charge >= 0.3 is 6.01 Å². The molecule has 2 unspecified atom stereocenters. The highest BCUT2D eigenvalue weighted by Gasteiger charge is 2.08. The van der Waals surface area contributed by atoms with Crippen LogP contribution >= 0.6 is 0 Å². The Morgan fingerprint density at radius 2 is 2.33 bits per heavy atom. The Bertz CT molecular complexity index is 326.